The van der Waals surface area contributed by atoms with Crippen LogP contribution in [0, 0.1) is 0 Å². The molecule has 0 saturated heterocycles. The highest BCUT2D eigenvalue weighted by Crippen LogP contribution is 2.26. The van der Waals surface area contributed by atoms with Crippen LogP contribution in [0.15, 0.2) is 83.8 Å². The van der Waals surface area contributed by atoms with E-state index in [9.17, 15) is 18.0 Å². The summed E-state index contributed by atoms with van der Waals surface area (Å²) in [6.45, 7) is 3.74. The van der Waals surface area contributed by atoms with Gasteiger partial charge in [-0.1, -0.05) is 43.7 Å². The number of ether oxygens (including phenoxy) is 2. The van der Waals surface area contributed by atoms with Crippen molar-refractivity contribution in [1.29, 1.82) is 0 Å². The Kier molecular flexibility index (Phi) is 11.0. The van der Waals surface area contributed by atoms with Crippen LogP contribution in [0.3, 0.4) is 0 Å². The van der Waals surface area contributed by atoms with Gasteiger partial charge in [-0.25, -0.2) is 8.42 Å². The number of hydrogen-bond acceptors (Lipinski definition) is 6. The Hall–Kier alpha value is -4.05. The minimum absolute atomic E-state index is 0.00894. The molecule has 0 radical (unpaired) electrons. The first-order chi connectivity index (χ1) is 19.2. The van der Waals surface area contributed by atoms with Gasteiger partial charge in [-0.05, 0) is 67.4 Å². The van der Waals surface area contributed by atoms with E-state index in [1.807, 2.05) is 13.0 Å². The molecule has 0 spiro atoms. The summed E-state index contributed by atoms with van der Waals surface area (Å²) in [7, 11) is -1.10. The van der Waals surface area contributed by atoms with E-state index in [1.165, 1.54) is 24.1 Å². The number of nitrogens with zero attached hydrogens (tertiary/aromatic N) is 2. The number of nitrogens with one attached hydrogen (secondary N) is 1. The van der Waals surface area contributed by atoms with Crippen molar-refractivity contribution in [3.63, 3.8) is 0 Å². The first-order valence-electron chi connectivity index (χ1n) is 13.1. The van der Waals surface area contributed by atoms with E-state index in [-0.39, 0.29) is 17.3 Å². The standard InChI is InChI=1S/C30H37N3O6S/c1-5-6-19-31-30(35)23(2)32(21-24-11-10-14-27(20-24)39-4)29(34)22-33(25-12-8-7-9-13-25)40(36,37)28-17-15-26(38-3)16-18-28/h7-18,20,23H,5-6,19,21-22H2,1-4H3,(H,31,35)/t23-/m1/s1. The summed E-state index contributed by atoms with van der Waals surface area (Å²) < 4.78 is 39.2. The third-order valence-corrected chi connectivity index (χ3v) is 8.24. The van der Waals surface area contributed by atoms with Crippen LogP contribution >= 0.6 is 0 Å². The van der Waals surface area contributed by atoms with Crippen molar-refractivity contribution >= 4 is 27.5 Å². The van der Waals surface area contributed by atoms with Gasteiger partial charge in [0.15, 0.2) is 0 Å². The number of para-hydroxylation sites is 1. The topological polar surface area (TPSA) is 105 Å². The molecule has 0 bridgehead atoms. The Labute approximate surface area is 236 Å². The average molecular weight is 568 g/mol. The molecule has 0 fully saturated rings. The number of rotatable bonds is 14. The monoisotopic (exact) mass is 567 g/mol. The van der Waals surface area contributed by atoms with Gasteiger partial charge in [-0.2, -0.15) is 0 Å². The highest BCUT2D eigenvalue weighted by Gasteiger charge is 2.32. The quantitative estimate of drug-likeness (QED) is 0.292. The molecule has 9 nitrogen and oxygen atoms in total. The first kappa shape index (κ1) is 30.5. The predicted octanol–water partition coefficient (Wildman–Crippen LogP) is 4.23. The summed E-state index contributed by atoms with van der Waals surface area (Å²) >= 11 is 0. The minimum Gasteiger partial charge on any atom is -0.497 e. The molecule has 2 amide bonds. The van der Waals surface area contributed by atoms with Gasteiger partial charge in [0.2, 0.25) is 11.8 Å². The molecule has 0 aliphatic heterocycles. The van der Waals surface area contributed by atoms with Crippen LogP contribution in [-0.4, -0.2) is 58.5 Å². The van der Waals surface area contributed by atoms with E-state index in [2.05, 4.69) is 5.32 Å². The average Bonchev–Trinajstić information content (AvgIpc) is 2.98. The second-order valence-electron chi connectivity index (χ2n) is 9.22. The van der Waals surface area contributed by atoms with Crippen LogP contribution < -0.4 is 19.1 Å². The number of unbranched alkanes of at least 4 members (excludes halogenated alkanes) is 1. The van der Waals surface area contributed by atoms with Crippen molar-refractivity contribution in [2.75, 3.05) is 31.6 Å². The Balaban J connectivity index is 1.98. The number of methoxy groups -OCH3 is 2. The van der Waals surface area contributed by atoms with Crippen LogP contribution in [0.2, 0.25) is 0 Å². The molecular formula is C30H37N3O6S. The van der Waals surface area contributed by atoms with Crippen molar-refractivity contribution in [3.8, 4) is 11.5 Å². The van der Waals surface area contributed by atoms with Crippen molar-refractivity contribution in [2.24, 2.45) is 0 Å². The maximum Gasteiger partial charge on any atom is 0.264 e. The van der Waals surface area contributed by atoms with Gasteiger partial charge < -0.3 is 19.7 Å². The zero-order chi connectivity index (χ0) is 29.1. The van der Waals surface area contributed by atoms with Crippen molar-refractivity contribution < 1.29 is 27.5 Å². The highest BCUT2D eigenvalue weighted by molar-refractivity contribution is 7.92. The summed E-state index contributed by atoms with van der Waals surface area (Å²) in [4.78, 5) is 28.4. The molecular weight excluding hydrogens is 530 g/mol. The van der Waals surface area contributed by atoms with Gasteiger partial charge in [0.05, 0.1) is 24.8 Å². The lowest BCUT2D eigenvalue weighted by Gasteiger charge is -2.32. The van der Waals surface area contributed by atoms with Gasteiger partial charge in [0, 0.05) is 13.1 Å². The summed E-state index contributed by atoms with van der Waals surface area (Å²) in [5.41, 5.74) is 1.07. The SMILES string of the molecule is CCCCNC(=O)[C@@H](C)N(Cc1cccc(OC)c1)C(=O)CN(c1ccccc1)S(=O)(=O)c1ccc(OC)cc1. The van der Waals surface area contributed by atoms with E-state index in [4.69, 9.17) is 9.47 Å². The minimum atomic E-state index is -4.15. The summed E-state index contributed by atoms with van der Waals surface area (Å²) in [5.74, 6) is 0.280. The third-order valence-electron chi connectivity index (χ3n) is 6.45. The molecule has 3 aromatic carbocycles. The number of benzene rings is 3. The van der Waals surface area contributed by atoms with Crippen LogP contribution in [0.5, 0.6) is 11.5 Å². The normalized spacial score (nSPS) is 11.8. The summed E-state index contributed by atoms with van der Waals surface area (Å²) in [6.07, 6.45) is 1.72. The molecule has 0 aromatic heterocycles. The zero-order valence-electron chi connectivity index (χ0n) is 23.4. The maximum absolute atomic E-state index is 13.9. The van der Waals surface area contributed by atoms with Gasteiger partial charge in [-0.3, -0.25) is 13.9 Å². The fourth-order valence-electron chi connectivity index (χ4n) is 4.08. The third kappa shape index (κ3) is 7.75. The Morgan fingerprint density at radius 1 is 0.900 bits per heavy atom. The smallest absolute Gasteiger partial charge is 0.264 e. The van der Waals surface area contributed by atoms with Gasteiger partial charge in [0.1, 0.15) is 24.1 Å². The number of anilines is 1. The molecule has 0 saturated carbocycles. The fraction of sp³-hybridized carbons (Fsp3) is 0.333. The molecule has 10 heteroatoms. The van der Waals surface area contributed by atoms with Crippen LogP contribution in [0.25, 0.3) is 0 Å². The van der Waals surface area contributed by atoms with Gasteiger partial charge in [-0.15, -0.1) is 0 Å². The number of sulfonamides is 1. The van der Waals surface area contributed by atoms with Gasteiger partial charge >= 0.3 is 0 Å². The van der Waals surface area contributed by atoms with E-state index in [0.29, 0.717) is 23.7 Å². The molecule has 214 valence electrons. The largest absolute Gasteiger partial charge is 0.497 e. The van der Waals surface area contributed by atoms with Crippen molar-refractivity contribution in [1.82, 2.24) is 10.2 Å². The number of amides is 2. The molecule has 3 rings (SSSR count). The number of carbonyl (C=O) groups excluding carboxylic acids is 2. The molecule has 3 aromatic rings. The molecule has 0 unspecified atom stereocenters. The van der Waals surface area contributed by atoms with Crippen LogP contribution in [-0.2, 0) is 26.2 Å². The van der Waals surface area contributed by atoms with E-state index < -0.39 is 28.5 Å². The number of hydrogen-bond donors (Lipinski definition) is 1. The Morgan fingerprint density at radius 3 is 2.20 bits per heavy atom. The molecule has 1 N–H and O–H groups in total. The lowest BCUT2D eigenvalue weighted by Crippen LogP contribution is -2.51. The summed E-state index contributed by atoms with van der Waals surface area (Å²) in [6, 6.07) is 20.7. The molecule has 0 heterocycles. The van der Waals surface area contributed by atoms with Crippen molar-refractivity contribution in [3.05, 3.63) is 84.4 Å². The molecule has 0 aliphatic rings. The van der Waals surface area contributed by atoms with Gasteiger partial charge in [0.25, 0.3) is 10.0 Å². The lowest BCUT2D eigenvalue weighted by molar-refractivity contribution is -0.139. The van der Waals surface area contributed by atoms with Crippen LogP contribution in [0.4, 0.5) is 5.69 Å². The summed E-state index contributed by atoms with van der Waals surface area (Å²) in [5, 5.41) is 2.88. The van der Waals surface area contributed by atoms with E-state index >= 15 is 0 Å². The Morgan fingerprint density at radius 2 is 1.57 bits per heavy atom. The zero-order valence-corrected chi connectivity index (χ0v) is 24.2. The number of carbonyl (C=O) groups is 2. The molecule has 40 heavy (non-hydrogen) atoms. The highest BCUT2D eigenvalue weighted by atomic mass is 32.2. The van der Waals surface area contributed by atoms with Crippen molar-refractivity contribution in [2.45, 2.75) is 44.2 Å². The van der Waals surface area contributed by atoms with Crippen LogP contribution in [0.1, 0.15) is 32.3 Å². The second-order valence-corrected chi connectivity index (χ2v) is 11.1. The predicted molar refractivity (Wildman–Crippen MR) is 155 cm³/mol. The molecule has 1 atom stereocenters. The Bertz CT molecular complexity index is 1360. The second kappa shape index (κ2) is 14.4. The fourth-order valence-corrected chi connectivity index (χ4v) is 5.50. The maximum atomic E-state index is 13.9. The first-order valence-corrected chi connectivity index (χ1v) is 14.6. The van der Waals surface area contributed by atoms with E-state index in [0.717, 1.165) is 22.7 Å². The van der Waals surface area contributed by atoms with E-state index in [1.54, 1.807) is 74.7 Å². The lowest BCUT2D eigenvalue weighted by atomic mass is 10.1. The molecule has 0 aliphatic carbocycles.